The molecule has 0 aromatic heterocycles. The second-order valence-corrected chi connectivity index (χ2v) is 10.1. The van der Waals surface area contributed by atoms with Gasteiger partial charge in [-0.2, -0.15) is 0 Å². The summed E-state index contributed by atoms with van der Waals surface area (Å²) < 4.78 is 25.5. The molecule has 1 saturated heterocycles. The molecule has 256 valence electrons. The molecule has 1 aliphatic heterocycles. The molecule has 1 aliphatic rings. The number of urea groups is 1. The molecule has 0 aromatic carbocycles. The van der Waals surface area contributed by atoms with E-state index >= 15 is 0 Å². The molecule has 0 unspecified atom stereocenters. The minimum absolute atomic E-state index is 0.0427. The van der Waals surface area contributed by atoms with E-state index in [0.717, 1.165) is 18.2 Å². The summed E-state index contributed by atoms with van der Waals surface area (Å²) in [7, 11) is 0. The van der Waals surface area contributed by atoms with Crippen LogP contribution in [0.15, 0.2) is 38.0 Å². The van der Waals surface area contributed by atoms with Crippen molar-refractivity contribution in [1.82, 2.24) is 14.7 Å². The lowest BCUT2D eigenvalue weighted by Gasteiger charge is -2.41. The van der Waals surface area contributed by atoms with E-state index in [1.54, 1.807) is 4.90 Å². The van der Waals surface area contributed by atoms with Crippen LogP contribution >= 0.6 is 0 Å². The molecule has 2 amide bonds. The second kappa shape index (κ2) is 23.8. The Morgan fingerprint density at radius 1 is 0.587 bits per heavy atom. The summed E-state index contributed by atoms with van der Waals surface area (Å²) in [6.45, 7) is 10.5. The van der Waals surface area contributed by atoms with Gasteiger partial charge in [0.05, 0.1) is 33.1 Å². The maximum Gasteiger partial charge on any atom is 0.330 e. The first-order chi connectivity index (χ1) is 22.1. The highest BCUT2D eigenvalue weighted by molar-refractivity contribution is 6.01. The van der Waals surface area contributed by atoms with Gasteiger partial charge in [-0.3, -0.25) is 29.0 Å². The maximum absolute atomic E-state index is 13.1. The second-order valence-electron chi connectivity index (χ2n) is 10.1. The SMILES string of the molecule is C=CC(=O)CC(=O)OCN1CN(CCOC(=O)CCCCCOC(=O)C=C)CN(CCOC(=O)CCCCCOC(=O)C=C)C1=O. The largest absolute Gasteiger partial charge is 0.464 e. The van der Waals surface area contributed by atoms with Crippen molar-refractivity contribution < 1.29 is 57.2 Å². The lowest BCUT2D eigenvalue weighted by atomic mass is 10.2. The molecule has 1 fully saturated rings. The van der Waals surface area contributed by atoms with Crippen molar-refractivity contribution in [2.24, 2.45) is 0 Å². The van der Waals surface area contributed by atoms with E-state index in [2.05, 4.69) is 19.7 Å². The van der Waals surface area contributed by atoms with Gasteiger partial charge in [-0.15, -0.1) is 0 Å². The third-order valence-corrected chi connectivity index (χ3v) is 6.38. The zero-order chi connectivity index (χ0) is 34.2. The van der Waals surface area contributed by atoms with Crippen molar-refractivity contribution in [3.8, 4) is 0 Å². The van der Waals surface area contributed by atoms with E-state index in [9.17, 15) is 33.6 Å². The smallest absolute Gasteiger partial charge is 0.330 e. The summed E-state index contributed by atoms with van der Waals surface area (Å²) in [6, 6.07) is -0.472. The van der Waals surface area contributed by atoms with Crippen molar-refractivity contribution in [3.05, 3.63) is 38.0 Å². The number of esters is 5. The molecule has 0 bridgehead atoms. The Morgan fingerprint density at radius 3 is 1.63 bits per heavy atom. The Balaban J connectivity index is 2.52. The maximum atomic E-state index is 13.1. The number of unbranched alkanes of at least 4 members (excludes halogenated alkanes) is 4. The van der Waals surface area contributed by atoms with Gasteiger partial charge >= 0.3 is 35.9 Å². The summed E-state index contributed by atoms with van der Waals surface area (Å²) in [5.41, 5.74) is 0. The average Bonchev–Trinajstić information content (AvgIpc) is 3.04. The number of carbonyl (C=O) groups is 7. The van der Waals surface area contributed by atoms with Crippen LogP contribution in [0.1, 0.15) is 57.8 Å². The Kier molecular flexibility index (Phi) is 20.4. The first-order valence-electron chi connectivity index (χ1n) is 15.1. The van der Waals surface area contributed by atoms with E-state index in [-0.39, 0.29) is 65.7 Å². The zero-order valence-corrected chi connectivity index (χ0v) is 26.3. The number of hydrogen-bond acceptors (Lipinski definition) is 13. The molecule has 0 spiro atoms. The molecular formula is C31H45N3O12. The van der Waals surface area contributed by atoms with E-state index in [0.29, 0.717) is 38.5 Å². The molecule has 0 aliphatic carbocycles. The average molecular weight is 652 g/mol. The van der Waals surface area contributed by atoms with Crippen LogP contribution in [0.3, 0.4) is 0 Å². The van der Waals surface area contributed by atoms with Gasteiger partial charge in [0.2, 0.25) is 0 Å². The topological polar surface area (TPSA) is 175 Å². The van der Waals surface area contributed by atoms with Crippen LogP contribution in [0, 0.1) is 0 Å². The highest BCUT2D eigenvalue weighted by atomic mass is 16.6. The van der Waals surface area contributed by atoms with Crippen molar-refractivity contribution in [2.45, 2.75) is 57.8 Å². The van der Waals surface area contributed by atoms with Crippen molar-refractivity contribution >= 4 is 41.7 Å². The molecule has 0 N–H and O–H groups in total. The van der Waals surface area contributed by atoms with Crippen LogP contribution in [0.25, 0.3) is 0 Å². The molecule has 46 heavy (non-hydrogen) atoms. The van der Waals surface area contributed by atoms with E-state index in [1.807, 2.05) is 0 Å². The highest BCUT2D eigenvalue weighted by Crippen LogP contribution is 2.12. The van der Waals surface area contributed by atoms with Crippen molar-refractivity contribution in [3.63, 3.8) is 0 Å². The first-order valence-corrected chi connectivity index (χ1v) is 15.1. The Bertz CT molecular complexity index is 1080. The zero-order valence-electron chi connectivity index (χ0n) is 26.3. The molecule has 0 aromatic rings. The van der Waals surface area contributed by atoms with Crippen LogP contribution in [0.2, 0.25) is 0 Å². The predicted octanol–water partition coefficient (Wildman–Crippen LogP) is 2.25. The summed E-state index contributed by atoms with van der Waals surface area (Å²) >= 11 is 0. The molecule has 0 radical (unpaired) electrons. The molecule has 1 rings (SSSR count). The number of carbonyl (C=O) groups excluding carboxylic acids is 7. The summed E-state index contributed by atoms with van der Waals surface area (Å²) in [6.07, 6.45) is 6.65. The fourth-order valence-electron chi connectivity index (χ4n) is 3.93. The number of ketones is 1. The van der Waals surface area contributed by atoms with Gasteiger partial charge in [0.1, 0.15) is 19.6 Å². The van der Waals surface area contributed by atoms with Crippen LogP contribution in [-0.2, 0) is 52.5 Å². The van der Waals surface area contributed by atoms with Crippen LogP contribution in [0.4, 0.5) is 4.79 Å². The molecule has 1 heterocycles. The third kappa shape index (κ3) is 18.3. The highest BCUT2D eigenvalue weighted by Gasteiger charge is 2.31. The van der Waals surface area contributed by atoms with Gasteiger partial charge in [-0.1, -0.05) is 19.7 Å². The molecule has 15 heteroatoms. The molecule has 0 saturated carbocycles. The predicted molar refractivity (Wildman–Crippen MR) is 162 cm³/mol. The van der Waals surface area contributed by atoms with Gasteiger partial charge in [-0.25, -0.2) is 14.4 Å². The lowest BCUT2D eigenvalue weighted by Crippen LogP contribution is -2.59. The number of rotatable bonds is 25. The summed E-state index contributed by atoms with van der Waals surface area (Å²) in [5.74, 6) is -3.16. The number of nitrogens with zero attached hydrogens (tertiary/aromatic N) is 3. The van der Waals surface area contributed by atoms with Crippen molar-refractivity contribution in [2.75, 3.05) is 59.6 Å². The van der Waals surface area contributed by atoms with Gasteiger partial charge in [0, 0.05) is 31.5 Å². The Labute approximate surface area is 269 Å². The van der Waals surface area contributed by atoms with E-state index in [4.69, 9.17) is 23.7 Å². The third-order valence-electron chi connectivity index (χ3n) is 6.38. The van der Waals surface area contributed by atoms with E-state index in [1.165, 1.54) is 9.80 Å². The fourth-order valence-corrected chi connectivity index (χ4v) is 3.93. The minimum Gasteiger partial charge on any atom is -0.464 e. The van der Waals surface area contributed by atoms with Crippen LogP contribution in [-0.4, -0.2) is 116 Å². The fraction of sp³-hybridized carbons (Fsp3) is 0.581. The first kappa shape index (κ1) is 39.5. The van der Waals surface area contributed by atoms with E-state index < -0.39 is 54.8 Å². The normalized spacial score (nSPS) is 12.9. The molecule has 0 atom stereocenters. The summed E-state index contributed by atoms with van der Waals surface area (Å²) in [5, 5.41) is 0. The monoisotopic (exact) mass is 651 g/mol. The molecule has 15 nitrogen and oxygen atoms in total. The van der Waals surface area contributed by atoms with Gasteiger partial charge < -0.3 is 28.6 Å². The standard InChI is InChI=1S/C31H45N3O12/c1-4-25(35)21-30(40)46-24-34-23-32(15-19-44-28(38)13-9-7-11-17-42-26(36)5-2)22-33(31(34)41)16-20-45-29(39)14-10-8-12-18-43-27(37)6-3/h4-6H,1-3,7-24H2. The van der Waals surface area contributed by atoms with Gasteiger partial charge in [0.15, 0.2) is 12.5 Å². The number of amides is 2. The summed E-state index contributed by atoms with van der Waals surface area (Å²) in [4.78, 5) is 87.2. The molecular weight excluding hydrogens is 606 g/mol. The number of allylic oxidation sites excluding steroid dienone is 1. The Morgan fingerprint density at radius 2 is 1.11 bits per heavy atom. The van der Waals surface area contributed by atoms with Gasteiger partial charge in [0.25, 0.3) is 0 Å². The Hall–Kier alpha value is -4.53. The number of hydrogen-bond donors (Lipinski definition) is 0. The number of ether oxygens (including phenoxy) is 5. The van der Waals surface area contributed by atoms with Gasteiger partial charge in [-0.05, 0) is 44.6 Å². The quantitative estimate of drug-likeness (QED) is 0.0462. The lowest BCUT2D eigenvalue weighted by molar-refractivity contribution is -0.152. The van der Waals surface area contributed by atoms with Crippen LogP contribution in [0.5, 0.6) is 0 Å². The van der Waals surface area contributed by atoms with Crippen molar-refractivity contribution in [1.29, 1.82) is 0 Å². The van der Waals surface area contributed by atoms with Crippen LogP contribution < -0.4 is 0 Å². The minimum atomic E-state index is -0.818.